The van der Waals surface area contributed by atoms with Crippen LogP contribution in [0.25, 0.3) is 0 Å². The molecule has 0 atom stereocenters. The molecule has 2 rings (SSSR count). The summed E-state index contributed by atoms with van der Waals surface area (Å²) in [5.74, 6) is -0.188. The van der Waals surface area contributed by atoms with Crippen molar-refractivity contribution in [3.05, 3.63) is 44.8 Å². The van der Waals surface area contributed by atoms with Gasteiger partial charge in [-0.2, -0.15) is 0 Å². The Morgan fingerprint density at radius 1 is 0.963 bits per heavy atom. The summed E-state index contributed by atoms with van der Waals surface area (Å²) in [6, 6.07) is 8.19. The fraction of sp³-hybridized carbons (Fsp3) is 0.222. The van der Waals surface area contributed by atoms with Crippen LogP contribution in [0.2, 0.25) is 0 Å². The van der Waals surface area contributed by atoms with Crippen molar-refractivity contribution < 1.29 is 28.5 Å². The van der Waals surface area contributed by atoms with Crippen LogP contribution in [0.3, 0.4) is 0 Å². The fourth-order valence-electron chi connectivity index (χ4n) is 2.19. The first-order valence-corrected chi connectivity index (χ1v) is 9.20. The summed E-state index contributed by atoms with van der Waals surface area (Å²) in [4.78, 5) is 24.3. The molecule has 0 spiro atoms. The summed E-state index contributed by atoms with van der Waals surface area (Å²) in [7, 11) is 4.34. The molecule has 0 radical (unpaired) electrons. The van der Waals surface area contributed by atoms with Gasteiger partial charge in [0.2, 0.25) is 5.75 Å². The third-order valence-corrected chi connectivity index (χ3v) is 4.59. The van der Waals surface area contributed by atoms with Gasteiger partial charge < -0.3 is 24.3 Å². The number of carbonyl (C=O) groups excluding carboxylic acids is 2. The smallest absolute Gasteiger partial charge is 0.338 e. The third kappa shape index (κ3) is 5.36. The summed E-state index contributed by atoms with van der Waals surface area (Å²) in [5, 5.41) is 2.65. The van der Waals surface area contributed by atoms with E-state index in [9.17, 15) is 9.59 Å². The molecule has 0 saturated heterocycles. The first-order valence-electron chi connectivity index (χ1n) is 7.61. The van der Waals surface area contributed by atoms with Gasteiger partial charge in [0.05, 0.1) is 32.6 Å². The largest absolute Gasteiger partial charge is 0.493 e. The molecule has 9 heteroatoms. The van der Waals surface area contributed by atoms with Gasteiger partial charge in [-0.05, 0) is 46.3 Å². The number of hydrogen-bond acceptors (Lipinski definition) is 6. The average molecular weight is 503 g/mol. The predicted octanol–water partition coefficient (Wildman–Crippen LogP) is 4.03. The lowest BCUT2D eigenvalue weighted by Gasteiger charge is -2.14. The van der Waals surface area contributed by atoms with Crippen LogP contribution in [0.1, 0.15) is 10.4 Å². The van der Waals surface area contributed by atoms with Gasteiger partial charge in [-0.1, -0.05) is 15.9 Å². The number of methoxy groups -OCH3 is 3. The number of carbonyl (C=O) groups is 2. The molecule has 0 heterocycles. The molecular weight excluding hydrogens is 486 g/mol. The Hall–Kier alpha value is -2.26. The van der Waals surface area contributed by atoms with Crippen LogP contribution in [0, 0.1) is 0 Å². The second-order valence-electron chi connectivity index (χ2n) is 5.16. The van der Waals surface area contributed by atoms with E-state index in [-0.39, 0.29) is 5.56 Å². The van der Waals surface area contributed by atoms with Crippen molar-refractivity contribution in [2.75, 3.05) is 33.3 Å². The Labute approximate surface area is 173 Å². The molecule has 0 saturated carbocycles. The minimum absolute atomic E-state index is 0.169. The fourth-order valence-corrected chi connectivity index (χ4v) is 3.34. The molecule has 7 nitrogen and oxygen atoms in total. The van der Waals surface area contributed by atoms with Crippen LogP contribution < -0.4 is 19.5 Å². The number of rotatable bonds is 7. The van der Waals surface area contributed by atoms with Gasteiger partial charge in [0.25, 0.3) is 5.91 Å². The van der Waals surface area contributed by atoms with Crippen molar-refractivity contribution in [2.45, 2.75) is 0 Å². The summed E-state index contributed by atoms with van der Waals surface area (Å²) in [6.07, 6.45) is 0. The molecule has 2 aromatic carbocycles. The number of hydrogen-bond donors (Lipinski definition) is 1. The van der Waals surface area contributed by atoms with Gasteiger partial charge in [0.15, 0.2) is 18.1 Å². The molecule has 0 aromatic heterocycles. The van der Waals surface area contributed by atoms with E-state index in [1.165, 1.54) is 33.5 Å². The Morgan fingerprint density at radius 3 is 2.11 bits per heavy atom. The molecule has 1 amide bonds. The number of anilines is 1. The van der Waals surface area contributed by atoms with E-state index < -0.39 is 18.5 Å². The third-order valence-electron chi connectivity index (χ3n) is 3.44. The second-order valence-corrected chi connectivity index (χ2v) is 6.93. The van der Waals surface area contributed by atoms with E-state index in [4.69, 9.17) is 18.9 Å². The van der Waals surface area contributed by atoms with Crippen LogP contribution >= 0.6 is 31.9 Å². The second kappa shape index (κ2) is 9.61. The molecule has 2 aromatic rings. The van der Waals surface area contributed by atoms with Crippen LogP contribution in [0.5, 0.6) is 17.2 Å². The maximum Gasteiger partial charge on any atom is 0.338 e. The Morgan fingerprint density at radius 2 is 1.59 bits per heavy atom. The Balaban J connectivity index is 2.05. The SMILES string of the molecule is COc1cc(C(=O)OCC(=O)Nc2ccc(Br)cc2Br)cc(OC)c1OC. The molecule has 0 aliphatic heterocycles. The number of esters is 1. The zero-order chi connectivity index (χ0) is 20.0. The van der Waals surface area contributed by atoms with E-state index >= 15 is 0 Å². The number of ether oxygens (including phenoxy) is 4. The zero-order valence-corrected chi connectivity index (χ0v) is 18.0. The minimum atomic E-state index is -0.695. The molecular formula is C18H17Br2NO6. The minimum Gasteiger partial charge on any atom is -0.493 e. The molecule has 1 N–H and O–H groups in total. The average Bonchev–Trinajstić information content (AvgIpc) is 2.66. The summed E-state index contributed by atoms with van der Waals surface area (Å²) < 4.78 is 22.2. The number of nitrogens with one attached hydrogen (secondary N) is 1. The van der Waals surface area contributed by atoms with Crippen molar-refractivity contribution in [3.63, 3.8) is 0 Å². The van der Waals surface area contributed by atoms with Gasteiger partial charge in [0, 0.05) is 8.95 Å². The highest BCUT2D eigenvalue weighted by Gasteiger charge is 2.18. The highest BCUT2D eigenvalue weighted by molar-refractivity contribution is 9.11. The van der Waals surface area contributed by atoms with E-state index in [0.29, 0.717) is 27.4 Å². The normalized spacial score (nSPS) is 10.1. The Kier molecular flexibility index (Phi) is 7.49. The number of benzene rings is 2. The van der Waals surface area contributed by atoms with E-state index in [1.807, 2.05) is 0 Å². The van der Waals surface area contributed by atoms with E-state index in [2.05, 4.69) is 37.2 Å². The lowest BCUT2D eigenvalue weighted by atomic mass is 10.2. The molecule has 0 unspecified atom stereocenters. The first-order chi connectivity index (χ1) is 12.9. The van der Waals surface area contributed by atoms with Gasteiger partial charge in [-0.25, -0.2) is 4.79 Å². The highest BCUT2D eigenvalue weighted by atomic mass is 79.9. The number of amides is 1. The zero-order valence-electron chi connectivity index (χ0n) is 14.8. The van der Waals surface area contributed by atoms with E-state index in [1.54, 1.807) is 18.2 Å². The summed E-state index contributed by atoms with van der Waals surface area (Å²) in [5.41, 5.74) is 0.731. The molecule has 0 fully saturated rings. The van der Waals surface area contributed by atoms with Crippen LogP contribution in [-0.4, -0.2) is 39.8 Å². The molecule has 0 aliphatic rings. The van der Waals surface area contributed by atoms with Gasteiger partial charge >= 0.3 is 5.97 Å². The standard InChI is InChI=1S/C18H17Br2NO6/c1-24-14-6-10(7-15(25-2)17(14)26-3)18(23)27-9-16(22)21-13-5-4-11(19)8-12(13)20/h4-8H,9H2,1-3H3,(H,21,22). The predicted molar refractivity (Wildman–Crippen MR) is 107 cm³/mol. The lowest BCUT2D eigenvalue weighted by molar-refractivity contribution is -0.119. The van der Waals surface area contributed by atoms with Crippen molar-refractivity contribution in [1.29, 1.82) is 0 Å². The highest BCUT2D eigenvalue weighted by Crippen LogP contribution is 2.38. The topological polar surface area (TPSA) is 83.1 Å². The van der Waals surface area contributed by atoms with Crippen LogP contribution in [0.4, 0.5) is 5.69 Å². The lowest BCUT2D eigenvalue weighted by Crippen LogP contribution is -2.21. The molecule has 0 bridgehead atoms. The molecule has 144 valence electrons. The van der Waals surface area contributed by atoms with Gasteiger partial charge in [-0.15, -0.1) is 0 Å². The van der Waals surface area contributed by atoms with E-state index in [0.717, 1.165) is 4.47 Å². The van der Waals surface area contributed by atoms with Crippen LogP contribution in [0.15, 0.2) is 39.3 Å². The summed E-state index contributed by atoms with van der Waals surface area (Å²) in [6.45, 7) is -0.446. The van der Waals surface area contributed by atoms with Crippen molar-refractivity contribution in [1.82, 2.24) is 0 Å². The number of halogens is 2. The first kappa shape index (κ1) is 21.0. The monoisotopic (exact) mass is 501 g/mol. The van der Waals surface area contributed by atoms with Crippen molar-refractivity contribution >= 4 is 49.4 Å². The maximum atomic E-state index is 12.3. The Bertz CT molecular complexity index is 831. The quantitative estimate of drug-likeness (QED) is 0.575. The summed E-state index contributed by atoms with van der Waals surface area (Å²) >= 11 is 6.68. The van der Waals surface area contributed by atoms with Crippen molar-refractivity contribution in [3.8, 4) is 17.2 Å². The molecule has 0 aliphatic carbocycles. The maximum absolute atomic E-state index is 12.3. The van der Waals surface area contributed by atoms with Gasteiger partial charge in [-0.3, -0.25) is 4.79 Å². The molecule has 27 heavy (non-hydrogen) atoms. The van der Waals surface area contributed by atoms with Crippen molar-refractivity contribution in [2.24, 2.45) is 0 Å². The van der Waals surface area contributed by atoms with Crippen LogP contribution in [-0.2, 0) is 9.53 Å². The van der Waals surface area contributed by atoms with Gasteiger partial charge in [0.1, 0.15) is 0 Å².